The average molecular weight is 979 g/mol. The van der Waals surface area contributed by atoms with Crippen molar-refractivity contribution in [2.24, 2.45) is 28.1 Å². The van der Waals surface area contributed by atoms with E-state index in [1.54, 1.807) is 44.2 Å². The van der Waals surface area contributed by atoms with Crippen molar-refractivity contribution in [1.29, 1.82) is 0 Å². The Morgan fingerprint density at radius 3 is 1.64 bits per heavy atom. The summed E-state index contributed by atoms with van der Waals surface area (Å²) in [4.78, 5) is 155. The Bertz CT molecular complexity index is 2030. The van der Waals surface area contributed by atoms with Crippen LogP contribution in [0.5, 0.6) is 0 Å². The highest BCUT2D eigenvalue weighted by atomic mass is 16.4. The zero-order valence-electron chi connectivity index (χ0n) is 38.2. The van der Waals surface area contributed by atoms with Crippen LogP contribution >= 0.6 is 0 Å². The Morgan fingerprint density at radius 2 is 1.12 bits per heavy atom. The van der Waals surface area contributed by atoms with Crippen molar-refractivity contribution in [3.63, 3.8) is 0 Å². The first kappa shape index (κ1) is 59.1. The van der Waals surface area contributed by atoms with Crippen LogP contribution in [0, 0.1) is 5.92 Å². The van der Waals surface area contributed by atoms with Gasteiger partial charge < -0.3 is 80.2 Å². The number of hydrogen-bond acceptors (Lipinski definition) is 14. The van der Waals surface area contributed by atoms with E-state index in [0.29, 0.717) is 12.0 Å². The van der Waals surface area contributed by atoms with Gasteiger partial charge in [0.25, 0.3) is 0 Å². The maximum atomic E-state index is 13.7. The molecule has 0 aliphatic heterocycles. The van der Waals surface area contributed by atoms with Crippen molar-refractivity contribution in [3.8, 4) is 0 Å². The molecule has 0 heterocycles. The van der Waals surface area contributed by atoms with Crippen LogP contribution < -0.4 is 59.7 Å². The SMILES string of the molecule is CC[C@H](C)[C@H](NC(=O)[C@H](CC(=O)O)NC(=O)[C@H](Cc1ccccc1)NC(=O)[C@H](C)NC(=O)[C@H](CC(=O)O)NC(=O)[C@H](CCCN=C(N)N)NC(=O)CNC(=O)CNC(=O)[C@@H](N)CCC(=O)O)C(=O)O. The largest absolute Gasteiger partial charge is 0.481 e. The van der Waals surface area contributed by atoms with Crippen molar-refractivity contribution in [2.45, 2.75) is 114 Å². The fourth-order valence-corrected chi connectivity index (χ4v) is 5.95. The maximum Gasteiger partial charge on any atom is 0.326 e. The minimum Gasteiger partial charge on any atom is -0.481 e. The van der Waals surface area contributed by atoms with E-state index >= 15 is 0 Å². The van der Waals surface area contributed by atoms with E-state index in [-0.39, 0.29) is 38.2 Å². The van der Waals surface area contributed by atoms with E-state index in [1.807, 2.05) is 0 Å². The van der Waals surface area contributed by atoms with Crippen LogP contribution in [0.25, 0.3) is 0 Å². The molecule has 0 saturated heterocycles. The van der Waals surface area contributed by atoms with Gasteiger partial charge in [-0.05, 0) is 37.7 Å². The third-order valence-corrected chi connectivity index (χ3v) is 9.94. The number of carbonyl (C=O) groups is 12. The molecule has 0 aliphatic rings. The highest BCUT2D eigenvalue weighted by Crippen LogP contribution is 2.10. The van der Waals surface area contributed by atoms with E-state index < -0.39 is 152 Å². The number of benzene rings is 1. The molecule has 0 aliphatic carbocycles. The van der Waals surface area contributed by atoms with Gasteiger partial charge in [-0.3, -0.25) is 57.7 Å². The van der Waals surface area contributed by atoms with Gasteiger partial charge >= 0.3 is 23.9 Å². The molecule has 0 radical (unpaired) electrons. The first-order chi connectivity index (χ1) is 32.3. The van der Waals surface area contributed by atoms with Gasteiger partial charge in [0.2, 0.25) is 47.3 Å². The van der Waals surface area contributed by atoms with Gasteiger partial charge in [0, 0.05) is 19.4 Å². The van der Waals surface area contributed by atoms with Crippen molar-refractivity contribution < 1.29 is 78.0 Å². The third kappa shape index (κ3) is 23.9. The molecule has 0 bridgehead atoms. The number of aliphatic carboxylic acids is 4. The smallest absolute Gasteiger partial charge is 0.326 e. The molecule has 0 saturated carbocycles. The Labute approximate surface area is 395 Å². The molecule has 0 aromatic heterocycles. The summed E-state index contributed by atoms with van der Waals surface area (Å²) >= 11 is 0. The quantitative estimate of drug-likeness (QED) is 0.0182. The van der Waals surface area contributed by atoms with Gasteiger partial charge in [0.1, 0.15) is 36.3 Å². The summed E-state index contributed by atoms with van der Waals surface area (Å²) < 4.78 is 0. The van der Waals surface area contributed by atoms with Gasteiger partial charge in [-0.1, -0.05) is 50.6 Å². The van der Waals surface area contributed by atoms with Crippen molar-refractivity contribution in [2.75, 3.05) is 19.6 Å². The third-order valence-electron chi connectivity index (χ3n) is 9.94. The van der Waals surface area contributed by atoms with Crippen molar-refractivity contribution >= 4 is 77.1 Å². The molecule has 69 heavy (non-hydrogen) atoms. The molecule has 1 aromatic rings. The summed E-state index contributed by atoms with van der Waals surface area (Å²) in [6.45, 7) is 2.91. The molecule has 8 amide bonds. The first-order valence-corrected chi connectivity index (χ1v) is 21.4. The molecule has 28 nitrogen and oxygen atoms in total. The average Bonchev–Trinajstić information content (AvgIpc) is 3.27. The fourth-order valence-electron chi connectivity index (χ4n) is 5.95. The number of carboxylic acids is 4. The molecule has 1 aromatic carbocycles. The van der Waals surface area contributed by atoms with E-state index in [0.717, 1.165) is 6.92 Å². The Balaban J connectivity index is 3.23. The summed E-state index contributed by atoms with van der Waals surface area (Å²) in [5.41, 5.74) is 16.8. The standard InChI is InChI=1S/C41H62N12O16/c1-4-20(2)33(40(68)69)53-39(67)27(17-32(60)61)52-38(66)25(15-22-9-6-5-7-10-22)50-34(62)21(3)48-37(65)26(16-31(58)59)51-36(64)24(11-8-14-45-41(43)44)49-29(55)19-46-28(54)18-47-35(63)23(42)12-13-30(56)57/h5-7,9-10,20-21,23-27,33H,4,8,11-19,42H2,1-3H3,(H,46,54)(H,47,63)(H,48,65)(H,49,55)(H,50,62)(H,51,64)(H,52,66)(H,53,67)(H,56,57)(H,58,59)(H,60,61)(H,68,69)(H4,43,44,45)/t20-,21-,23-,24-,25-,26-,27-,33-/m0/s1. The summed E-state index contributed by atoms with van der Waals surface area (Å²) in [5.74, 6) is -14.8. The monoisotopic (exact) mass is 978 g/mol. The highest BCUT2D eigenvalue weighted by Gasteiger charge is 2.35. The fraction of sp³-hybridized carbons (Fsp3) is 0.537. The molecule has 28 heteroatoms. The predicted molar refractivity (Wildman–Crippen MR) is 240 cm³/mol. The minimum atomic E-state index is -1.89. The van der Waals surface area contributed by atoms with Crippen LogP contribution in [0.2, 0.25) is 0 Å². The number of rotatable bonds is 32. The Morgan fingerprint density at radius 1 is 0.594 bits per heavy atom. The van der Waals surface area contributed by atoms with Gasteiger partial charge in [0.15, 0.2) is 5.96 Å². The molecule has 0 spiro atoms. The molecular formula is C41H62N12O16. The lowest BCUT2D eigenvalue weighted by Crippen LogP contribution is -2.60. The van der Waals surface area contributed by atoms with Crippen LogP contribution in [0.4, 0.5) is 0 Å². The summed E-state index contributed by atoms with van der Waals surface area (Å²) in [5, 5.41) is 55.6. The molecule has 18 N–H and O–H groups in total. The number of hydrogen-bond donors (Lipinski definition) is 15. The lowest BCUT2D eigenvalue weighted by Gasteiger charge is -2.26. The van der Waals surface area contributed by atoms with E-state index in [2.05, 4.69) is 47.5 Å². The van der Waals surface area contributed by atoms with Crippen LogP contribution in [0.3, 0.4) is 0 Å². The first-order valence-electron chi connectivity index (χ1n) is 21.4. The van der Waals surface area contributed by atoms with E-state index in [9.17, 15) is 72.9 Å². The molecule has 382 valence electrons. The second kappa shape index (κ2) is 30.4. The van der Waals surface area contributed by atoms with Crippen LogP contribution in [-0.2, 0) is 64.0 Å². The minimum absolute atomic E-state index is 0.0428. The predicted octanol–water partition coefficient (Wildman–Crippen LogP) is -5.28. The number of nitrogens with zero attached hydrogens (tertiary/aromatic N) is 1. The van der Waals surface area contributed by atoms with Crippen LogP contribution in [0.1, 0.15) is 71.3 Å². The number of carbonyl (C=O) groups excluding carboxylic acids is 8. The van der Waals surface area contributed by atoms with E-state index in [1.165, 1.54) is 0 Å². The van der Waals surface area contributed by atoms with Gasteiger partial charge in [-0.15, -0.1) is 0 Å². The summed E-state index contributed by atoms with van der Waals surface area (Å²) in [6, 6.07) is -2.93. The lowest BCUT2D eigenvalue weighted by molar-refractivity contribution is -0.145. The van der Waals surface area contributed by atoms with Crippen LogP contribution in [0.15, 0.2) is 35.3 Å². The number of guanidine groups is 1. The van der Waals surface area contributed by atoms with Gasteiger partial charge in [-0.2, -0.15) is 0 Å². The number of aliphatic imine (C=N–C) groups is 1. The van der Waals surface area contributed by atoms with Crippen LogP contribution in [-0.4, -0.2) is 159 Å². The van der Waals surface area contributed by atoms with E-state index in [4.69, 9.17) is 22.3 Å². The molecular weight excluding hydrogens is 917 g/mol. The summed E-state index contributed by atoms with van der Waals surface area (Å²) in [7, 11) is 0. The molecule has 8 atom stereocenters. The summed E-state index contributed by atoms with van der Waals surface area (Å²) in [6.07, 6.45) is -2.72. The zero-order chi connectivity index (χ0) is 52.4. The Kier molecular flexibility index (Phi) is 26.0. The highest BCUT2D eigenvalue weighted by molar-refractivity contribution is 5.98. The number of nitrogens with one attached hydrogen (secondary N) is 8. The Hall–Kier alpha value is -7.91. The topological polar surface area (TPSA) is 472 Å². The normalized spacial score (nSPS) is 14.1. The number of carboxylic acid groups (broad SMARTS) is 4. The maximum absolute atomic E-state index is 13.7. The molecule has 0 unspecified atom stereocenters. The molecule has 0 fully saturated rings. The van der Waals surface area contributed by atoms with Crippen molar-refractivity contribution in [3.05, 3.63) is 35.9 Å². The van der Waals surface area contributed by atoms with Gasteiger partial charge in [0.05, 0.1) is 32.0 Å². The number of nitrogens with two attached hydrogens (primary N) is 3. The van der Waals surface area contributed by atoms with Crippen molar-refractivity contribution in [1.82, 2.24) is 42.5 Å². The second-order valence-electron chi connectivity index (χ2n) is 15.6. The zero-order valence-corrected chi connectivity index (χ0v) is 38.2. The second-order valence-corrected chi connectivity index (χ2v) is 15.6. The van der Waals surface area contributed by atoms with Gasteiger partial charge in [-0.25, -0.2) is 4.79 Å². The number of amides is 8. The lowest BCUT2D eigenvalue weighted by atomic mass is 9.98. The molecule has 1 rings (SSSR count).